The fourth-order valence-corrected chi connectivity index (χ4v) is 1.47. The zero-order chi connectivity index (χ0) is 10.4. The molecule has 0 aromatic rings. The lowest BCUT2D eigenvalue weighted by atomic mass is 9.94. The van der Waals surface area contributed by atoms with Crippen LogP contribution in [-0.4, -0.2) is 12.1 Å². The fourth-order valence-electron chi connectivity index (χ4n) is 1.47. The van der Waals surface area contributed by atoms with Gasteiger partial charge < -0.3 is 5.32 Å². The van der Waals surface area contributed by atoms with E-state index in [1.54, 1.807) is 0 Å². The van der Waals surface area contributed by atoms with Crippen LogP contribution in [0, 0.1) is 5.92 Å². The lowest BCUT2D eigenvalue weighted by molar-refractivity contribution is 0.453. The molecule has 0 fully saturated rings. The number of rotatable bonds is 6. The van der Waals surface area contributed by atoms with Crippen molar-refractivity contribution < 1.29 is 0 Å². The summed E-state index contributed by atoms with van der Waals surface area (Å²) in [6, 6.07) is 1.05. The summed E-state index contributed by atoms with van der Waals surface area (Å²) in [5.74, 6) is 0.586. The standard InChI is InChI=1S/C12H25N/c1-7-8-12(13-10(4)5)11(6)9(2)3/h9-10,12-13H,6-8H2,1-5H3. The highest BCUT2D eigenvalue weighted by Gasteiger charge is 2.14. The Morgan fingerprint density at radius 1 is 1.23 bits per heavy atom. The summed E-state index contributed by atoms with van der Waals surface area (Å²) in [6.45, 7) is 15.2. The normalized spacial score (nSPS) is 13.8. The molecule has 0 rings (SSSR count). The van der Waals surface area contributed by atoms with Crippen molar-refractivity contribution in [1.29, 1.82) is 0 Å². The third-order valence-electron chi connectivity index (χ3n) is 2.30. The minimum atomic E-state index is 0.505. The molecular weight excluding hydrogens is 158 g/mol. The first-order valence-electron chi connectivity index (χ1n) is 5.43. The van der Waals surface area contributed by atoms with Crippen LogP contribution in [0.5, 0.6) is 0 Å². The average molecular weight is 183 g/mol. The summed E-state index contributed by atoms with van der Waals surface area (Å²) in [5, 5.41) is 3.56. The summed E-state index contributed by atoms with van der Waals surface area (Å²) < 4.78 is 0. The van der Waals surface area contributed by atoms with Gasteiger partial charge in [-0.2, -0.15) is 0 Å². The van der Waals surface area contributed by atoms with Crippen LogP contribution in [-0.2, 0) is 0 Å². The van der Waals surface area contributed by atoms with Gasteiger partial charge in [0.2, 0.25) is 0 Å². The Morgan fingerprint density at radius 3 is 2.08 bits per heavy atom. The molecule has 0 bridgehead atoms. The SMILES string of the molecule is C=C(C(C)C)C(CCC)NC(C)C. The minimum Gasteiger partial charge on any atom is -0.308 e. The highest BCUT2D eigenvalue weighted by molar-refractivity contribution is 5.08. The van der Waals surface area contributed by atoms with Crippen molar-refractivity contribution >= 4 is 0 Å². The molecule has 0 aliphatic heterocycles. The van der Waals surface area contributed by atoms with Crippen LogP contribution in [0.15, 0.2) is 12.2 Å². The van der Waals surface area contributed by atoms with Crippen molar-refractivity contribution in [3.63, 3.8) is 0 Å². The molecule has 78 valence electrons. The monoisotopic (exact) mass is 183 g/mol. The number of hydrogen-bond acceptors (Lipinski definition) is 1. The molecule has 13 heavy (non-hydrogen) atoms. The van der Waals surface area contributed by atoms with Crippen molar-refractivity contribution in [2.75, 3.05) is 0 Å². The van der Waals surface area contributed by atoms with Crippen LogP contribution < -0.4 is 5.32 Å². The van der Waals surface area contributed by atoms with Crippen molar-refractivity contribution in [1.82, 2.24) is 5.32 Å². The smallest absolute Gasteiger partial charge is 0.0281 e. The summed E-state index contributed by atoms with van der Waals surface area (Å²) in [6.07, 6.45) is 2.42. The van der Waals surface area contributed by atoms with Crippen LogP contribution in [0.3, 0.4) is 0 Å². The van der Waals surface area contributed by atoms with Crippen LogP contribution in [0.1, 0.15) is 47.5 Å². The van der Waals surface area contributed by atoms with E-state index in [0.717, 1.165) is 0 Å². The van der Waals surface area contributed by atoms with Gasteiger partial charge in [-0.1, -0.05) is 53.2 Å². The second-order valence-corrected chi connectivity index (χ2v) is 4.39. The van der Waals surface area contributed by atoms with E-state index in [0.29, 0.717) is 18.0 Å². The fraction of sp³-hybridized carbons (Fsp3) is 0.833. The molecule has 1 heteroatoms. The summed E-state index contributed by atoms with van der Waals surface area (Å²) >= 11 is 0. The van der Waals surface area contributed by atoms with E-state index >= 15 is 0 Å². The Labute approximate surface area is 83.6 Å². The van der Waals surface area contributed by atoms with E-state index in [1.165, 1.54) is 18.4 Å². The Kier molecular flexibility index (Phi) is 6.06. The first-order chi connectivity index (χ1) is 5.99. The van der Waals surface area contributed by atoms with Crippen molar-refractivity contribution in [3.05, 3.63) is 12.2 Å². The van der Waals surface area contributed by atoms with E-state index in [9.17, 15) is 0 Å². The molecule has 0 heterocycles. The predicted octanol–water partition coefficient (Wildman–Crippen LogP) is 3.37. The van der Waals surface area contributed by atoms with E-state index < -0.39 is 0 Å². The third kappa shape index (κ3) is 5.09. The van der Waals surface area contributed by atoms with Gasteiger partial charge in [-0.3, -0.25) is 0 Å². The molecule has 1 atom stereocenters. The highest BCUT2D eigenvalue weighted by atomic mass is 14.9. The molecule has 1 nitrogen and oxygen atoms in total. The minimum absolute atomic E-state index is 0.505. The first kappa shape index (κ1) is 12.7. The largest absolute Gasteiger partial charge is 0.308 e. The quantitative estimate of drug-likeness (QED) is 0.623. The van der Waals surface area contributed by atoms with Gasteiger partial charge in [-0.15, -0.1) is 0 Å². The van der Waals surface area contributed by atoms with E-state index in [4.69, 9.17) is 0 Å². The van der Waals surface area contributed by atoms with Crippen LogP contribution in [0.2, 0.25) is 0 Å². The van der Waals surface area contributed by atoms with Gasteiger partial charge in [-0.25, -0.2) is 0 Å². The lowest BCUT2D eigenvalue weighted by Gasteiger charge is -2.25. The Hall–Kier alpha value is -0.300. The summed E-state index contributed by atoms with van der Waals surface area (Å²) in [4.78, 5) is 0. The van der Waals surface area contributed by atoms with Gasteiger partial charge in [0.15, 0.2) is 0 Å². The maximum absolute atomic E-state index is 4.16. The van der Waals surface area contributed by atoms with Crippen LogP contribution in [0.25, 0.3) is 0 Å². The molecule has 0 aliphatic rings. The maximum Gasteiger partial charge on any atom is 0.0281 e. The number of hydrogen-bond donors (Lipinski definition) is 1. The lowest BCUT2D eigenvalue weighted by Crippen LogP contribution is -2.37. The molecule has 0 amide bonds. The highest BCUT2D eigenvalue weighted by Crippen LogP contribution is 2.16. The van der Waals surface area contributed by atoms with E-state index in [2.05, 4.69) is 46.5 Å². The summed E-state index contributed by atoms with van der Waals surface area (Å²) in [5.41, 5.74) is 1.34. The molecule has 0 spiro atoms. The van der Waals surface area contributed by atoms with Crippen molar-refractivity contribution in [2.24, 2.45) is 5.92 Å². The van der Waals surface area contributed by atoms with Crippen molar-refractivity contribution in [3.8, 4) is 0 Å². The van der Waals surface area contributed by atoms with E-state index in [1.807, 2.05) is 0 Å². The zero-order valence-corrected chi connectivity index (χ0v) is 9.85. The third-order valence-corrected chi connectivity index (χ3v) is 2.30. The molecule has 0 aliphatic carbocycles. The van der Waals surface area contributed by atoms with Crippen molar-refractivity contribution in [2.45, 2.75) is 59.5 Å². The second-order valence-electron chi connectivity index (χ2n) is 4.39. The van der Waals surface area contributed by atoms with Crippen LogP contribution in [0.4, 0.5) is 0 Å². The molecule has 0 aromatic carbocycles. The molecule has 0 saturated heterocycles. The van der Waals surface area contributed by atoms with Gasteiger partial charge in [-0.05, 0) is 12.3 Å². The topological polar surface area (TPSA) is 12.0 Å². The Bertz CT molecular complexity index is 147. The maximum atomic E-state index is 4.16. The van der Waals surface area contributed by atoms with E-state index in [-0.39, 0.29) is 0 Å². The Morgan fingerprint density at radius 2 is 1.77 bits per heavy atom. The summed E-state index contributed by atoms with van der Waals surface area (Å²) in [7, 11) is 0. The van der Waals surface area contributed by atoms with Gasteiger partial charge in [0.25, 0.3) is 0 Å². The van der Waals surface area contributed by atoms with Gasteiger partial charge >= 0.3 is 0 Å². The predicted molar refractivity (Wildman–Crippen MR) is 60.9 cm³/mol. The van der Waals surface area contributed by atoms with Gasteiger partial charge in [0.1, 0.15) is 0 Å². The molecular formula is C12H25N. The first-order valence-corrected chi connectivity index (χ1v) is 5.43. The molecule has 0 radical (unpaired) electrons. The molecule has 1 N–H and O–H groups in total. The molecule has 1 unspecified atom stereocenters. The zero-order valence-electron chi connectivity index (χ0n) is 9.85. The molecule has 0 saturated carbocycles. The average Bonchev–Trinajstić information content (AvgIpc) is 2.01. The van der Waals surface area contributed by atoms with Crippen LogP contribution >= 0.6 is 0 Å². The van der Waals surface area contributed by atoms with Gasteiger partial charge in [0.05, 0.1) is 0 Å². The Balaban J connectivity index is 4.15. The second kappa shape index (κ2) is 6.20. The van der Waals surface area contributed by atoms with Gasteiger partial charge in [0, 0.05) is 12.1 Å². The molecule has 0 aromatic heterocycles. The number of nitrogens with one attached hydrogen (secondary N) is 1.